The number of thiophene rings is 1. The summed E-state index contributed by atoms with van der Waals surface area (Å²) in [6.07, 6.45) is 2.38. The summed E-state index contributed by atoms with van der Waals surface area (Å²) in [5.74, 6) is 0.581. The Hall–Kier alpha value is -1.39. The van der Waals surface area contributed by atoms with Crippen molar-refractivity contribution in [1.82, 2.24) is 14.9 Å². The fourth-order valence-electron chi connectivity index (χ4n) is 3.48. The van der Waals surface area contributed by atoms with E-state index in [1.165, 1.54) is 28.0 Å². The van der Waals surface area contributed by atoms with Crippen LogP contribution in [0.1, 0.15) is 37.1 Å². The van der Waals surface area contributed by atoms with Crippen molar-refractivity contribution in [2.24, 2.45) is 5.92 Å². The van der Waals surface area contributed by atoms with Crippen LogP contribution in [0.5, 0.6) is 0 Å². The monoisotopic (exact) mass is 457 g/mol. The minimum absolute atomic E-state index is 0.0222. The van der Waals surface area contributed by atoms with E-state index in [0.29, 0.717) is 27.7 Å². The molecular weight excluding hydrogens is 430 g/mol. The van der Waals surface area contributed by atoms with E-state index < -0.39 is 9.84 Å². The highest BCUT2D eigenvalue weighted by molar-refractivity contribution is 7.99. The predicted molar refractivity (Wildman–Crippen MR) is 119 cm³/mol. The third-order valence-electron chi connectivity index (χ3n) is 5.57. The molecule has 2 atom stereocenters. The number of carbonyl (C=O) groups excluding carboxylic acids is 1. The molecule has 1 fully saturated rings. The number of aromatic nitrogens is 2. The van der Waals surface area contributed by atoms with Crippen LogP contribution in [0.3, 0.4) is 0 Å². The molecule has 2 unspecified atom stereocenters. The summed E-state index contributed by atoms with van der Waals surface area (Å²) in [4.78, 5) is 35.9. The molecule has 0 saturated carbocycles. The van der Waals surface area contributed by atoms with Crippen LogP contribution in [0.4, 0.5) is 0 Å². The van der Waals surface area contributed by atoms with Crippen LogP contribution in [0.2, 0.25) is 0 Å². The van der Waals surface area contributed by atoms with E-state index >= 15 is 0 Å². The van der Waals surface area contributed by atoms with E-state index in [9.17, 15) is 18.0 Å². The van der Waals surface area contributed by atoms with E-state index in [1.54, 1.807) is 7.05 Å². The predicted octanol–water partition coefficient (Wildman–Crippen LogP) is 2.62. The molecular formula is C19H27N3O4S3. The van der Waals surface area contributed by atoms with E-state index in [0.717, 1.165) is 23.3 Å². The molecule has 0 bridgehead atoms. The quantitative estimate of drug-likeness (QED) is 0.507. The Morgan fingerprint density at radius 3 is 2.79 bits per heavy atom. The number of aryl methyl sites for hydroxylation is 1. The Morgan fingerprint density at radius 1 is 1.45 bits per heavy atom. The van der Waals surface area contributed by atoms with Gasteiger partial charge in [-0.05, 0) is 31.2 Å². The number of thioether (sulfide) groups is 1. The van der Waals surface area contributed by atoms with E-state index in [4.69, 9.17) is 0 Å². The van der Waals surface area contributed by atoms with Gasteiger partial charge < -0.3 is 9.88 Å². The van der Waals surface area contributed by atoms with Crippen LogP contribution >= 0.6 is 23.1 Å². The number of H-pyrrole nitrogens is 1. The summed E-state index contributed by atoms with van der Waals surface area (Å²) < 4.78 is 23.3. The Kier molecular flexibility index (Phi) is 6.74. The molecule has 1 saturated heterocycles. The Balaban J connectivity index is 1.73. The number of hydrogen-bond acceptors (Lipinski definition) is 7. The Morgan fingerprint density at radius 2 is 2.17 bits per heavy atom. The van der Waals surface area contributed by atoms with E-state index in [1.807, 2.05) is 6.92 Å². The number of sulfone groups is 1. The maximum Gasteiger partial charge on any atom is 0.260 e. The van der Waals surface area contributed by atoms with Crippen molar-refractivity contribution < 1.29 is 13.2 Å². The van der Waals surface area contributed by atoms with Crippen LogP contribution in [-0.2, 0) is 21.1 Å². The number of aromatic amines is 1. The van der Waals surface area contributed by atoms with E-state index in [-0.39, 0.29) is 34.8 Å². The second-order valence-electron chi connectivity index (χ2n) is 7.76. The van der Waals surface area contributed by atoms with Crippen molar-refractivity contribution >= 4 is 49.1 Å². The van der Waals surface area contributed by atoms with Crippen LogP contribution in [0.15, 0.2) is 9.95 Å². The summed E-state index contributed by atoms with van der Waals surface area (Å²) in [7, 11) is -1.41. The second-order valence-corrected chi connectivity index (χ2v) is 12.2. The van der Waals surface area contributed by atoms with Crippen LogP contribution in [0.25, 0.3) is 10.2 Å². The molecule has 1 aliphatic rings. The number of amides is 1. The molecule has 1 amide bonds. The fourth-order valence-corrected chi connectivity index (χ4v) is 7.15. The van der Waals surface area contributed by atoms with Crippen LogP contribution in [0, 0.1) is 12.8 Å². The molecule has 29 heavy (non-hydrogen) atoms. The molecule has 0 aromatic carbocycles. The Bertz CT molecular complexity index is 1070. The number of nitrogens with zero attached hydrogens (tertiary/aromatic N) is 2. The van der Waals surface area contributed by atoms with Crippen molar-refractivity contribution in [2.45, 2.75) is 51.2 Å². The summed E-state index contributed by atoms with van der Waals surface area (Å²) in [5.41, 5.74) is 0.908. The number of rotatable bonds is 7. The first-order valence-corrected chi connectivity index (χ1v) is 13.3. The minimum Gasteiger partial charge on any atom is -0.341 e. The molecule has 0 radical (unpaired) electrons. The normalized spacial score (nSPS) is 19.5. The molecule has 7 nitrogen and oxygen atoms in total. The van der Waals surface area contributed by atoms with Crippen molar-refractivity contribution in [3.8, 4) is 0 Å². The van der Waals surface area contributed by atoms with Crippen molar-refractivity contribution in [1.29, 1.82) is 0 Å². The van der Waals surface area contributed by atoms with Crippen LogP contribution < -0.4 is 5.56 Å². The molecule has 3 rings (SSSR count). The molecule has 1 aliphatic heterocycles. The SMILES string of the molecule is CCC(C)Cc1c(C)sc2nc(SCC(=O)N(C)C3CCS(=O)(=O)C3)[nH]c(=O)c12. The van der Waals surface area contributed by atoms with Crippen molar-refractivity contribution in [2.75, 3.05) is 24.3 Å². The van der Waals surface area contributed by atoms with Gasteiger partial charge in [-0.3, -0.25) is 9.59 Å². The molecule has 3 heterocycles. The van der Waals surface area contributed by atoms with Gasteiger partial charge in [0.05, 0.1) is 22.6 Å². The standard InChI is InChI=1S/C19H27N3O4S3/c1-5-11(2)8-14-12(3)28-18-16(14)17(24)20-19(21-18)27-9-15(23)22(4)13-6-7-29(25,26)10-13/h11,13H,5-10H2,1-4H3,(H,20,21,24). The van der Waals surface area contributed by atoms with Gasteiger partial charge in [-0.1, -0.05) is 32.0 Å². The second kappa shape index (κ2) is 8.77. The number of hydrogen-bond donors (Lipinski definition) is 1. The fraction of sp³-hybridized carbons (Fsp3) is 0.632. The van der Waals surface area contributed by atoms with Gasteiger partial charge in [0.2, 0.25) is 5.91 Å². The van der Waals surface area contributed by atoms with Gasteiger partial charge in [-0.25, -0.2) is 13.4 Å². The highest BCUT2D eigenvalue weighted by atomic mass is 32.2. The first-order chi connectivity index (χ1) is 13.6. The zero-order chi connectivity index (χ0) is 21.3. The van der Waals surface area contributed by atoms with Gasteiger partial charge in [-0.15, -0.1) is 11.3 Å². The lowest BCUT2D eigenvalue weighted by Crippen LogP contribution is -2.38. The lowest BCUT2D eigenvalue weighted by atomic mass is 9.98. The topological polar surface area (TPSA) is 100 Å². The third kappa shape index (κ3) is 5.03. The van der Waals surface area contributed by atoms with Gasteiger partial charge in [0.25, 0.3) is 5.56 Å². The van der Waals surface area contributed by atoms with Gasteiger partial charge in [-0.2, -0.15) is 0 Å². The first kappa shape index (κ1) is 22.3. The van der Waals surface area contributed by atoms with Gasteiger partial charge >= 0.3 is 0 Å². The number of carbonyl (C=O) groups is 1. The molecule has 2 aromatic rings. The summed E-state index contributed by atoms with van der Waals surface area (Å²) in [6.45, 7) is 6.33. The molecule has 0 aliphatic carbocycles. The third-order valence-corrected chi connectivity index (χ3v) is 9.22. The number of nitrogens with one attached hydrogen (secondary N) is 1. The van der Waals surface area contributed by atoms with Gasteiger partial charge in [0.15, 0.2) is 15.0 Å². The van der Waals surface area contributed by atoms with Gasteiger partial charge in [0, 0.05) is 18.0 Å². The van der Waals surface area contributed by atoms with E-state index in [2.05, 4.69) is 23.8 Å². The summed E-state index contributed by atoms with van der Waals surface area (Å²) in [5, 5.41) is 1.08. The zero-order valence-corrected chi connectivity index (χ0v) is 19.6. The Labute approximate surface area is 179 Å². The average Bonchev–Trinajstić information content (AvgIpc) is 3.18. The first-order valence-electron chi connectivity index (χ1n) is 9.72. The number of fused-ring (bicyclic) bond motifs is 1. The lowest BCUT2D eigenvalue weighted by molar-refractivity contribution is -0.128. The summed E-state index contributed by atoms with van der Waals surface area (Å²) >= 11 is 2.69. The maximum atomic E-state index is 12.7. The van der Waals surface area contributed by atoms with Gasteiger partial charge in [0.1, 0.15) is 4.83 Å². The molecule has 10 heteroatoms. The minimum atomic E-state index is -3.04. The van der Waals surface area contributed by atoms with Crippen LogP contribution in [-0.4, -0.2) is 59.5 Å². The highest BCUT2D eigenvalue weighted by Gasteiger charge is 2.32. The van der Waals surface area contributed by atoms with Crippen molar-refractivity contribution in [3.63, 3.8) is 0 Å². The molecule has 1 N–H and O–H groups in total. The smallest absolute Gasteiger partial charge is 0.260 e. The molecule has 0 spiro atoms. The maximum absolute atomic E-state index is 12.7. The molecule has 2 aromatic heterocycles. The lowest BCUT2D eigenvalue weighted by Gasteiger charge is -2.23. The zero-order valence-electron chi connectivity index (χ0n) is 17.1. The van der Waals surface area contributed by atoms with Crippen molar-refractivity contribution in [3.05, 3.63) is 20.8 Å². The highest BCUT2D eigenvalue weighted by Crippen LogP contribution is 2.30. The summed E-state index contributed by atoms with van der Waals surface area (Å²) in [6, 6.07) is -0.273. The molecule has 160 valence electrons. The largest absolute Gasteiger partial charge is 0.341 e. The average molecular weight is 458 g/mol.